The molecule has 156 valence electrons. The summed E-state index contributed by atoms with van der Waals surface area (Å²) in [5.41, 5.74) is 2.50. The number of hydrogen-bond donors (Lipinski definition) is 2. The maximum absolute atomic E-state index is 12.2. The molecule has 0 aliphatic heterocycles. The number of nitrogens with one attached hydrogen (secondary N) is 2. The lowest BCUT2D eigenvalue weighted by atomic mass is 9.87. The lowest BCUT2D eigenvalue weighted by Gasteiger charge is -2.19. The van der Waals surface area contributed by atoms with E-state index in [9.17, 15) is 18.4 Å². The summed E-state index contributed by atoms with van der Waals surface area (Å²) in [6, 6.07) is 13.5. The zero-order valence-electron chi connectivity index (χ0n) is 16.8. The van der Waals surface area contributed by atoms with Crippen LogP contribution in [0.15, 0.2) is 48.5 Å². The molecule has 0 spiro atoms. The molecule has 2 amide bonds. The van der Waals surface area contributed by atoms with Crippen LogP contribution in [0, 0.1) is 0 Å². The Bertz CT molecular complexity index is 813. The molecule has 0 aromatic heterocycles. The van der Waals surface area contributed by atoms with Gasteiger partial charge < -0.3 is 15.4 Å². The first-order chi connectivity index (χ1) is 13.6. The van der Waals surface area contributed by atoms with E-state index in [1.54, 1.807) is 24.3 Å². The van der Waals surface area contributed by atoms with Crippen LogP contribution in [0.1, 0.15) is 42.3 Å². The van der Waals surface area contributed by atoms with Crippen molar-refractivity contribution in [2.45, 2.75) is 39.2 Å². The molecule has 0 unspecified atom stereocenters. The van der Waals surface area contributed by atoms with Gasteiger partial charge >= 0.3 is 6.61 Å². The van der Waals surface area contributed by atoms with Gasteiger partial charge in [0.1, 0.15) is 5.75 Å². The molecule has 29 heavy (non-hydrogen) atoms. The number of rotatable bonds is 8. The third kappa shape index (κ3) is 7.52. The fourth-order valence-electron chi connectivity index (χ4n) is 2.63. The lowest BCUT2D eigenvalue weighted by Crippen LogP contribution is -2.37. The van der Waals surface area contributed by atoms with Crippen LogP contribution in [0.25, 0.3) is 0 Å². The first-order valence-corrected chi connectivity index (χ1v) is 9.34. The highest BCUT2D eigenvalue weighted by Gasteiger charge is 2.14. The van der Waals surface area contributed by atoms with E-state index in [0.717, 1.165) is 11.1 Å². The third-order valence-corrected chi connectivity index (χ3v) is 4.31. The fourth-order valence-corrected chi connectivity index (χ4v) is 2.63. The minimum absolute atomic E-state index is 0.00511. The van der Waals surface area contributed by atoms with Crippen LogP contribution in [-0.2, 0) is 16.6 Å². The molecule has 2 rings (SSSR count). The van der Waals surface area contributed by atoms with E-state index >= 15 is 0 Å². The molecular weight excluding hydrogens is 378 g/mol. The number of hydrogen-bond acceptors (Lipinski definition) is 3. The van der Waals surface area contributed by atoms with E-state index in [1.807, 2.05) is 12.1 Å². The SMILES string of the molecule is CC(C)(C)c1ccc(C(=O)NCC(=O)NCCc2ccc(OC(F)F)cc2)cc1. The van der Waals surface area contributed by atoms with Crippen LogP contribution in [0.4, 0.5) is 8.78 Å². The molecule has 2 N–H and O–H groups in total. The maximum Gasteiger partial charge on any atom is 0.387 e. The van der Waals surface area contributed by atoms with Gasteiger partial charge in [0.15, 0.2) is 0 Å². The Morgan fingerprint density at radius 1 is 0.966 bits per heavy atom. The normalized spacial score (nSPS) is 11.2. The van der Waals surface area contributed by atoms with Crippen molar-refractivity contribution in [3.05, 3.63) is 65.2 Å². The predicted octanol–water partition coefficient (Wildman–Crippen LogP) is 3.67. The number of alkyl halides is 2. The molecule has 0 saturated heterocycles. The van der Waals surface area contributed by atoms with E-state index in [2.05, 4.69) is 36.1 Å². The Morgan fingerprint density at radius 3 is 2.14 bits per heavy atom. The van der Waals surface area contributed by atoms with Gasteiger partial charge in [0.05, 0.1) is 6.54 Å². The van der Waals surface area contributed by atoms with Gasteiger partial charge in [0.25, 0.3) is 5.91 Å². The van der Waals surface area contributed by atoms with Gasteiger partial charge in [-0.25, -0.2) is 0 Å². The van der Waals surface area contributed by atoms with Crippen molar-refractivity contribution in [2.75, 3.05) is 13.1 Å². The van der Waals surface area contributed by atoms with E-state index in [0.29, 0.717) is 18.5 Å². The van der Waals surface area contributed by atoms with Crippen molar-refractivity contribution in [3.8, 4) is 5.75 Å². The molecule has 0 aliphatic rings. The van der Waals surface area contributed by atoms with Crippen molar-refractivity contribution in [3.63, 3.8) is 0 Å². The number of ether oxygens (including phenoxy) is 1. The summed E-state index contributed by atoms with van der Waals surface area (Å²) in [6.07, 6.45) is 0.531. The van der Waals surface area contributed by atoms with Gasteiger partial charge in [-0.3, -0.25) is 9.59 Å². The van der Waals surface area contributed by atoms with Gasteiger partial charge in [-0.15, -0.1) is 0 Å². The lowest BCUT2D eigenvalue weighted by molar-refractivity contribution is -0.120. The van der Waals surface area contributed by atoms with Crippen molar-refractivity contribution in [2.24, 2.45) is 0 Å². The number of carbonyl (C=O) groups excluding carboxylic acids is 2. The zero-order chi connectivity index (χ0) is 21.4. The average Bonchev–Trinajstić information content (AvgIpc) is 2.66. The van der Waals surface area contributed by atoms with Gasteiger partial charge in [-0.05, 0) is 47.2 Å². The van der Waals surface area contributed by atoms with E-state index in [-0.39, 0.29) is 29.5 Å². The topological polar surface area (TPSA) is 67.4 Å². The molecule has 0 aliphatic carbocycles. The summed E-state index contributed by atoms with van der Waals surface area (Å²) in [6.45, 7) is 3.67. The van der Waals surface area contributed by atoms with Gasteiger partial charge in [0.2, 0.25) is 5.91 Å². The summed E-state index contributed by atoms with van der Waals surface area (Å²) in [4.78, 5) is 24.1. The van der Waals surface area contributed by atoms with Crippen LogP contribution in [0.2, 0.25) is 0 Å². The molecule has 0 heterocycles. The minimum Gasteiger partial charge on any atom is -0.435 e. The number of amides is 2. The molecular formula is C22H26F2N2O3. The Labute approximate surface area is 169 Å². The summed E-state index contributed by atoms with van der Waals surface area (Å²) in [7, 11) is 0. The van der Waals surface area contributed by atoms with Crippen molar-refractivity contribution < 1.29 is 23.1 Å². The van der Waals surface area contributed by atoms with E-state index in [4.69, 9.17) is 0 Å². The molecule has 0 radical (unpaired) electrons. The Morgan fingerprint density at radius 2 is 1.59 bits per heavy atom. The van der Waals surface area contributed by atoms with Crippen LogP contribution in [-0.4, -0.2) is 31.5 Å². The number of benzene rings is 2. The minimum atomic E-state index is -2.85. The highest BCUT2D eigenvalue weighted by Crippen LogP contribution is 2.22. The first-order valence-electron chi connectivity index (χ1n) is 9.34. The molecule has 2 aromatic rings. The van der Waals surface area contributed by atoms with Gasteiger partial charge in [0, 0.05) is 12.1 Å². The van der Waals surface area contributed by atoms with Crippen molar-refractivity contribution in [1.29, 1.82) is 0 Å². The number of carbonyl (C=O) groups is 2. The number of halogens is 2. The zero-order valence-corrected chi connectivity index (χ0v) is 16.8. The standard InChI is InChI=1S/C22H26F2N2O3/c1-22(2,3)17-8-6-16(7-9-17)20(28)26-14-19(27)25-13-12-15-4-10-18(11-5-15)29-21(23)24/h4-11,21H,12-14H2,1-3H3,(H,25,27)(H,26,28). The molecule has 0 bridgehead atoms. The molecule has 2 aromatic carbocycles. The summed E-state index contributed by atoms with van der Waals surface area (Å²) in [5.74, 6) is -0.524. The highest BCUT2D eigenvalue weighted by atomic mass is 19.3. The van der Waals surface area contributed by atoms with Crippen molar-refractivity contribution in [1.82, 2.24) is 10.6 Å². The average molecular weight is 404 g/mol. The molecule has 0 saturated carbocycles. The maximum atomic E-state index is 12.2. The summed E-state index contributed by atoms with van der Waals surface area (Å²) in [5, 5.41) is 5.30. The second kappa shape index (κ2) is 10.0. The van der Waals surface area contributed by atoms with Gasteiger partial charge in [-0.1, -0.05) is 45.0 Å². The smallest absolute Gasteiger partial charge is 0.387 e. The van der Waals surface area contributed by atoms with Crippen LogP contribution < -0.4 is 15.4 Å². The predicted molar refractivity (Wildman–Crippen MR) is 107 cm³/mol. The highest BCUT2D eigenvalue weighted by molar-refractivity contribution is 5.96. The summed E-state index contributed by atoms with van der Waals surface area (Å²) < 4.78 is 28.5. The molecule has 5 nitrogen and oxygen atoms in total. The van der Waals surface area contributed by atoms with Gasteiger partial charge in [-0.2, -0.15) is 8.78 Å². The largest absolute Gasteiger partial charge is 0.435 e. The summed E-state index contributed by atoms with van der Waals surface area (Å²) >= 11 is 0. The third-order valence-electron chi connectivity index (χ3n) is 4.31. The first kappa shape index (κ1) is 22.3. The van der Waals surface area contributed by atoms with E-state index in [1.165, 1.54) is 12.1 Å². The quantitative estimate of drug-likeness (QED) is 0.705. The van der Waals surface area contributed by atoms with Crippen LogP contribution >= 0.6 is 0 Å². The molecule has 7 heteroatoms. The Balaban J connectivity index is 1.72. The van der Waals surface area contributed by atoms with Crippen LogP contribution in [0.5, 0.6) is 5.75 Å². The second-order valence-corrected chi connectivity index (χ2v) is 7.63. The Hall–Kier alpha value is -2.96. The Kier molecular flexibility index (Phi) is 7.70. The monoisotopic (exact) mass is 404 g/mol. The van der Waals surface area contributed by atoms with Crippen molar-refractivity contribution >= 4 is 11.8 Å². The van der Waals surface area contributed by atoms with E-state index < -0.39 is 6.61 Å². The molecule has 0 atom stereocenters. The fraction of sp³-hybridized carbons (Fsp3) is 0.364. The van der Waals surface area contributed by atoms with Crippen LogP contribution in [0.3, 0.4) is 0 Å². The molecule has 0 fully saturated rings. The second-order valence-electron chi connectivity index (χ2n) is 7.63.